The van der Waals surface area contributed by atoms with Gasteiger partial charge in [-0.1, -0.05) is 12.2 Å². The van der Waals surface area contributed by atoms with E-state index < -0.39 is 0 Å². The van der Waals surface area contributed by atoms with E-state index in [1.165, 1.54) is 24.8 Å². The molecular formula is C10H17N. The van der Waals surface area contributed by atoms with Gasteiger partial charge in [-0.05, 0) is 39.0 Å². The molecule has 0 unspecified atom stereocenters. The van der Waals surface area contributed by atoms with Crippen LogP contribution in [0.2, 0.25) is 0 Å². The third kappa shape index (κ3) is 1.12. The van der Waals surface area contributed by atoms with Crippen LogP contribution in [0.1, 0.15) is 33.1 Å². The van der Waals surface area contributed by atoms with Crippen molar-refractivity contribution in [1.82, 2.24) is 5.32 Å². The van der Waals surface area contributed by atoms with E-state index in [-0.39, 0.29) is 0 Å². The van der Waals surface area contributed by atoms with E-state index in [9.17, 15) is 0 Å². The summed E-state index contributed by atoms with van der Waals surface area (Å²) in [5, 5.41) is 3.55. The van der Waals surface area contributed by atoms with Gasteiger partial charge in [0.2, 0.25) is 0 Å². The van der Waals surface area contributed by atoms with Crippen LogP contribution in [0, 0.1) is 5.92 Å². The zero-order chi connectivity index (χ0) is 8.06. The SMILES string of the molecule is C=C(C)[C@H]1CC[C@@]2(C)N[C@@H]2C1. The van der Waals surface area contributed by atoms with Gasteiger partial charge in [0.25, 0.3) is 0 Å². The molecule has 1 saturated carbocycles. The Labute approximate surface area is 68.9 Å². The summed E-state index contributed by atoms with van der Waals surface area (Å²) in [4.78, 5) is 0. The van der Waals surface area contributed by atoms with Gasteiger partial charge in [-0.3, -0.25) is 0 Å². The highest BCUT2D eigenvalue weighted by atomic mass is 15.2. The number of rotatable bonds is 1. The van der Waals surface area contributed by atoms with Crippen molar-refractivity contribution in [3.8, 4) is 0 Å². The standard InChI is InChI=1S/C10H17N/c1-7(2)8-4-5-10(3)9(6-8)11-10/h8-9,11H,1,4-6H2,2-3H3/t8-,9+,10+/m0/s1. The van der Waals surface area contributed by atoms with Crippen LogP contribution in [0.5, 0.6) is 0 Å². The van der Waals surface area contributed by atoms with Gasteiger partial charge < -0.3 is 5.32 Å². The average molecular weight is 151 g/mol. The van der Waals surface area contributed by atoms with Crippen molar-refractivity contribution in [3.63, 3.8) is 0 Å². The molecule has 1 aliphatic heterocycles. The molecule has 0 radical (unpaired) electrons. The predicted molar refractivity (Wildman–Crippen MR) is 47.5 cm³/mol. The molecule has 2 fully saturated rings. The smallest absolute Gasteiger partial charge is 0.0310 e. The van der Waals surface area contributed by atoms with Crippen LogP contribution in [0.15, 0.2) is 12.2 Å². The molecule has 2 rings (SSSR count). The molecule has 11 heavy (non-hydrogen) atoms. The summed E-state index contributed by atoms with van der Waals surface area (Å²) in [7, 11) is 0. The molecule has 1 nitrogen and oxygen atoms in total. The van der Waals surface area contributed by atoms with Crippen LogP contribution in [-0.4, -0.2) is 11.6 Å². The number of fused-ring (bicyclic) bond motifs is 1. The Morgan fingerprint density at radius 2 is 2.36 bits per heavy atom. The molecule has 1 heteroatoms. The first-order chi connectivity index (χ1) is 5.12. The molecule has 0 spiro atoms. The van der Waals surface area contributed by atoms with Gasteiger partial charge in [0.1, 0.15) is 0 Å². The lowest BCUT2D eigenvalue weighted by molar-refractivity contribution is 0.396. The summed E-state index contributed by atoms with van der Waals surface area (Å²) in [6.45, 7) is 8.53. The van der Waals surface area contributed by atoms with E-state index in [1.54, 1.807) is 0 Å². The van der Waals surface area contributed by atoms with Gasteiger partial charge in [0.15, 0.2) is 0 Å². The maximum Gasteiger partial charge on any atom is 0.0310 e. The normalized spacial score (nSPS) is 48.2. The molecule has 0 aromatic carbocycles. The molecule has 0 bridgehead atoms. The average Bonchev–Trinajstić information content (AvgIpc) is 2.58. The molecule has 1 heterocycles. The summed E-state index contributed by atoms with van der Waals surface area (Å²) in [6, 6.07) is 0.804. The fourth-order valence-electron chi connectivity index (χ4n) is 2.25. The van der Waals surface area contributed by atoms with Gasteiger partial charge >= 0.3 is 0 Å². The first-order valence-corrected chi connectivity index (χ1v) is 4.55. The highest BCUT2D eigenvalue weighted by Crippen LogP contribution is 2.43. The molecule has 62 valence electrons. The largest absolute Gasteiger partial charge is 0.305 e. The maximum atomic E-state index is 4.03. The van der Waals surface area contributed by atoms with Gasteiger partial charge in [-0.25, -0.2) is 0 Å². The summed E-state index contributed by atoms with van der Waals surface area (Å²) in [6.07, 6.45) is 4.01. The van der Waals surface area contributed by atoms with Gasteiger partial charge in [0, 0.05) is 11.6 Å². The minimum absolute atomic E-state index is 0.520. The van der Waals surface area contributed by atoms with Crippen LogP contribution in [-0.2, 0) is 0 Å². The molecule has 1 aliphatic carbocycles. The molecule has 3 atom stereocenters. The third-order valence-corrected chi connectivity index (χ3v) is 3.42. The lowest BCUT2D eigenvalue weighted by atomic mass is 9.80. The quantitative estimate of drug-likeness (QED) is 0.450. The Kier molecular flexibility index (Phi) is 1.40. The highest BCUT2D eigenvalue weighted by Gasteiger charge is 2.52. The second-order valence-corrected chi connectivity index (χ2v) is 4.43. The van der Waals surface area contributed by atoms with E-state index in [0.29, 0.717) is 5.54 Å². The van der Waals surface area contributed by atoms with Gasteiger partial charge in [0.05, 0.1) is 0 Å². The van der Waals surface area contributed by atoms with Gasteiger partial charge in [-0.15, -0.1) is 0 Å². The second-order valence-electron chi connectivity index (χ2n) is 4.43. The minimum atomic E-state index is 0.520. The molecule has 0 aromatic heterocycles. The van der Waals surface area contributed by atoms with Crippen LogP contribution in [0.3, 0.4) is 0 Å². The monoisotopic (exact) mass is 151 g/mol. The van der Waals surface area contributed by atoms with Crippen LogP contribution >= 0.6 is 0 Å². The Hall–Kier alpha value is -0.300. The molecule has 1 saturated heterocycles. The zero-order valence-corrected chi connectivity index (χ0v) is 7.48. The minimum Gasteiger partial charge on any atom is -0.305 e. The van der Waals surface area contributed by atoms with Crippen LogP contribution in [0.25, 0.3) is 0 Å². The maximum absolute atomic E-state index is 4.03. The van der Waals surface area contributed by atoms with Crippen LogP contribution in [0.4, 0.5) is 0 Å². The highest BCUT2D eigenvalue weighted by molar-refractivity contribution is 5.17. The fraction of sp³-hybridized carbons (Fsp3) is 0.800. The molecule has 1 N–H and O–H groups in total. The van der Waals surface area contributed by atoms with E-state index in [4.69, 9.17) is 0 Å². The number of allylic oxidation sites excluding steroid dienone is 1. The van der Waals surface area contributed by atoms with Gasteiger partial charge in [-0.2, -0.15) is 0 Å². The zero-order valence-electron chi connectivity index (χ0n) is 7.48. The summed E-state index contributed by atoms with van der Waals surface area (Å²) < 4.78 is 0. The van der Waals surface area contributed by atoms with Crippen molar-refractivity contribution in [2.75, 3.05) is 0 Å². The van der Waals surface area contributed by atoms with E-state index in [0.717, 1.165) is 12.0 Å². The molecular weight excluding hydrogens is 134 g/mol. The Morgan fingerprint density at radius 3 is 2.91 bits per heavy atom. The topological polar surface area (TPSA) is 21.9 Å². The lowest BCUT2D eigenvalue weighted by Gasteiger charge is -2.23. The van der Waals surface area contributed by atoms with E-state index in [1.807, 2.05) is 0 Å². The summed E-state index contributed by atoms with van der Waals surface area (Å²) in [5.41, 5.74) is 1.90. The Bertz CT molecular complexity index is 197. The van der Waals surface area contributed by atoms with E-state index >= 15 is 0 Å². The van der Waals surface area contributed by atoms with Crippen molar-refractivity contribution in [1.29, 1.82) is 0 Å². The summed E-state index contributed by atoms with van der Waals surface area (Å²) >= 11 is 0. The second kappa shape index (κ2) is 2.10. The number of hydrogen-bond acceptors (Lipinski definition) is 1. The number of hydrogen-bond donors (Lipinski definition) is 1. The van der Waals surface area contributed by atoms with Crippen LogP contribution < -0.4 is 5.32 Å². The third-order valence-electron chi connectivity index (χ3n) is 3.42. The molecule has 2 aliphatic rings. The van der Waals surface area contributed by atoms with Crippen molar-refractivity contribution in [2.45, 2.75) is 44.7 Å². The number of nitrogens with one attached hydrogen (secondary N) is 1. The van der Waals surface area contributed by atoms with Crippen molar-refractivity contribution >= 4 is 0 Å². The first-order valence-electron chi connectivity index (χ1n) is 4.55. The Balaban J connectivity index is 1.98. The molecule has 0 amide bonds. The molecule has 0 aromatic rings. The lowest BCUT2D eigenvalue weighted by Crippen LogP contribution is -2.21. The summed E-state index contributed by atoms with van der Waals surface area (Å²) in [5.74, 6) is 0.795. The van der Waals surface area contributed by atoms with E-state index in [2.05, 4.69) is 25.7 Å². The predicted octanol–water partition coefficient (Wildman–Crippen LogP) is 2.09. The fourth-order valence-corrected chi connectivity index (χ4v) is 2.25. The van der Waals surface area contributed by atoms with Crippen molar-refractivity contribution in [2.24, 2.45) is 5.92 Å². The first kappa shape index (κ1) is 7.35. The van der Waals surface area contributed by atoms with Crippen molar-refractivity contribution < 1.29 is 0 Å². The van der Waals surface area contributed by atoms with Crippen molar-refractivity contribution in [3.05, 3.63) is 12.2 Å². The Morgan fingerprint density at radius 1 is 1.64 bits per heavy atom.